The molecular formula is C16H30N2O2. The normalized spacial score (nSPS) is 39.5. The predicted octanol–water partition coefficient (Wildman–Crippen LogP) is 1.21. The van der Waals surface area contributed by atoms with Gasteiger partial charge in [-0.3, -0.25) is 9.80 Å². The van der Waals surface area contributed by atoms with Crippen molar-refractivity contribution in [1.82, 2.24) is 9.80 Å². The van der Waals surface area contributed by atoms with E-state index in [0.717, 1.165) is 45.4 Å². The van der Waals surface area contributed by atoms with Gasteiger partial charge in [-0.2, -0.15) is 0 Å². The van der Waals surface area contributed by atoms with Crippen molar-refractivity contribution < 1.29 is 10.2 Å². The lowest BCUT2D eigenvalue weighted by Crippen LogP contribution is -2.58. The zero-order valence-electron chi connectivity index (χ0n) is 12.8. The number of hydrogen-bond acceptors (Lipinski definition) is 4. The highest BCUT2D eigenvalue weighted by atomic mass is 16.3. The first kappa shape index (κ1) is 14.8. The molecule has 2 heterocycles. The monoisotopic (exact) mass is 282 g/mol. The van der Waals surface area contributed by atoms with Gasteiger partial charge in [-0.25, -0.2) is 0 Å². The molecule has 20 heavy (non-hydrogen) atoms. The lowest BCUT2D eigenvalue weighted by molar-refractivity contribution is -0.0426. The minimum absolute atomic E-state index is 0.145. The Labute approximate surface area is 122 Å². The molecule has 3 fully saturated rings. The number of piperazine rings is 1. The number of hydrogen-bond donors (Lipinski definition) is 2. The molecule has 2 N–H and O–H groups in total. The summed E-state index contributed by atoms with van der Waals surface area (Å²) in [5, 5.41) is 20.7. The minimum Gasteiger partial charge on any atom is -0.392 e. The average molecular weight is 282 g/mol. The van der Waals surface area contributed by atoms with Gasteiger partial charge in [0.15, 0.2) is 0 Å². The summed E-state index contributed by atoms with van der Waals surface area (Å²) in [5.74, 6) is 0. The first-order valence-electron chi connectivity index (χ1n) is 8.44. The van der Waals surface area contributed by atoms with Crippen molar-refractivity contribution in [3.8, 4) is 0 Å². The molecule has 0 aromatic carbocycles. The number of rotatable bonds is 2. The van der Waals surface area contributed by atoms with E-state index in [1.165, 1.54) is 25.7 Å². The fourth-order valence-corrected chi connectivity index (χ4v) is 4.42. The molecule has 2 aliphatic heterocycles. The number of aliphatic hydroxyl groups is 2. The molecule has 3 atom stereocenters. The summed E-state index contributed by atoms with van der Waals surface area (Å²) >= 11 is 0. The molecule has 2 saturated heterocycles. The van der Waals surface area contributed by atoms with Crippen LogP contribution in [0.15, 0.2) is 0 Å². The molecule has 0 amide bonds. The third kappa shape index (κ3) is 3.19. The molecule has 1 unspecified atom stereocenters. The van der Waals surface area contributed by atoms with E-state index in [1.54, 1.807) is 0 Å². The zero-order chi connectivity index (χ0) is 14.2. The predicted molar refractivity (Wildman–Crippen MR) is 79.7 cm³/mol. The van der Waals surface area contributed by atoms with E-state index < -0.39 is 5.60 Å². The molecule has 3 aliphatic rings. The zero-order valence-corrected chi connectivity index (χ0v) is 12.8. The Balaban J connectivity index is 1.61. The van der Waals surface area contributed by atoms with Gasteiger partial charge in [0.2, 0.25) is 0 Å². The Hall–Kier alpha value is -0.160. The van der Waals surface area contributed by atoms with Crippen LogP contribution in [0.5, 0.6) is 0 Å². The Kier molecular flexibility index (Phi) is 4.37. The SMILES string of the molecule is C[C@H]1CN2C[C@H](O)CC2CN1CC1(O)CCCCCC1. The van der Waals surface area contributed by atoms with Gasteiger partial charge in [-0.15, -0.1) is 0 Å². The maximum atomic E-state index is 10.9. The van der Waals surface area contributed by atoms with Crippen LogP contribution in [0.2, 0.25) is 0 Å². The van der Waals surface area contributed by atoms with Crippen molar-refractivity contribution in [2.75, 3.05) is 26.2 Å². The van der Waals surface area contributed by atoms with Crippen molar-refractivity contribution in [2.45, 2.75) is 75.7 Å². The highest BCUT2D eigenvalue weighted by Crippen LogP contribution is 2.31. The van der Waals surface area contributed by atoms with Gasteiger partial charge in [0.25, 0.3) is 0 Å². The third-order valence-electron chi connectivity index (χ3n) is 5.60. The molecule has 0 spiro atoms. The highest BCUT2D eigenvalue weighted by Gasteiger charge is 2.40. The van der Waals surface area contributed by atoms with Gasteiger partial charge in [0, 0.05) is 38.3 Å². The quantitative estimate of drug-likeness (QED) is 0.748. The lowest BCUT2D eigenvalue weighted by atomic mass is 9.92. The number of fused-ring (bicyclic) bond motifs is 1. The molecule has 1 aliphatic carbocycles. The minimum atomic E-state index is -0.468. The molecule has 4 nitrogen and oxygen atoms in total. The maximum Gasteiger partial charge on any atom is 0.0774 e. The largest absolute Gasteiger partial charge is 0.392 e. The van der Waals surface area contributed by atoms with E-state index in [0.29, 0.717) is 12.1 Å². The van der Waals surface area contributed by atoms with Crippen molar-refractivity contribution in [3.63, 3.8) is 0 Å². The molecule has 4 heteroatoms. The van der Waals surface area contributed by atoms with Crippen LogP contribution in [0.1, 0.15) is 51.9 Å². The van der Waals surface area contributed by atoms with Gasteiger partial charge in [0.05, 0.1) is 11.7 Å². The first-order chi connectivity index (χ1) is 9.56. The topological polar surface area (TPSA) is 46.9 Å². The molecule has 1 saturated carbocycles. The van der Waals surface area contributed by atoms with Gasteiger partial charge in [0.1, 0.15) is 0 Å². The molecule has 0 aromatic rings. The van der Waals surface area contributed by atoms with Gasteiger partial charge in [-0.1, -0.05) is 25.7 Å². The number of aliphatic hydroxyl groups excluding tert-OH is 1. The molecule has 0 radical (unpaired) electrons. The molecule has 0 aromatic heterocycles. The average Bonchev–Trinajstić information content (AvgIpc) is 2.59. The van der Waals surface area contributed by atoms with Gasteiger partial charge in [-0.05, 0) is 26.2 Å². The van der Waals surface area contributed by atoms with Crippen LogP contribution in [0, 0.1) is 0 Å². The van der Waals surface area contributed by atoms with E-state index >= 15 is 0 Å². The summed E-state index contributed by atoms with van der Waals surface area (Å²) in [7, 11) is 0. The Bertz CT molecular complexity index is 328. The van der Waals surface area contributed by atoms with Crippen LogP contribution in [0.25, 0.3) is 0 Å². The lowest BCUT2D eigenvalue weighted by Gasteiger charge is -2.45. The van der Waals surface area contributed by atoms with Crippen LogP contribution in [-0.2, 0) is 0 Å². The smallest absolute Gasteiger partial charge is 0.0774 e. The van der Waals surface area contributed by atoms with Crippen molar-refractivity contribution >= 4 is 0 Å². The Morgan fingerprint density at radius 3 is 2.45 bits per heavy atom. The summed E-state index contributed by atoms with van der Waals surface area (Å²) in [6, 6.07) is 0.986. The van der Waals surface area contributed by atoms with Crippen LogP contribution < -0.4 is 0 Å². The molecule has 116 valence electrons. The fourth-order valence-electron chi connectivity index (χ4n) is 4.42. The van der Waals surface area contributed by atoms with Crippen molar-refractivity contribution in [3.05, 3.63) is 0 Å². The second kappa shape index (κ2) is 5.91. The first-order valence-corrected chi connectivity index (χ1v) is 8.44. The second-order valence-electron chi connectivity index (χ2n) is 7.41. The number of β-amino-alcohol motifs (C(OH)–C–C–N with tert-alkyl or cyclic N) is 1. The fraction of sp³-hybridized carbons (Fsp3) is 1.00. The Morgan fingerprint density at radius 1 is 1.05 bits per heavy atom. The summed E-state index contributed by atoms with van der Waals surface area (Å²) in [6.45, 7) is 5.99. The van der Waals surface area contributed by atoms with Gasteiger partial charge >= 0.3 is 0 Å². The summed E-state index contributed by atoms with van der Waals surface area (Å²) in [6.07, 6.45) is 7.59. The molecular weight excluding hydrogens is 252 g/mol. The van der Waals surface area contributed by atoms with Crippen LogP contribution in [-0.4, -0.2) is 70.0 Å². The van der Waals surface area contributed by atoms with E-state index in [4.69, 9.17) is 0 Å². The van der Waals surface area contributed by atoms with E-state index in [-0.39, 0.29) is 6.10 Å². The Morgan fingerprint density at radius 2 is 1.75 bits per heavy atom. The molecule has 0 bridgehead atoms. The van der Waals surface area contributed by atoms with Crippen LogP contribution in [0.3, 0.4) is 0 Å². The number of nitrogens with zero attached hydrogens (tertiary/aromatic N) is 2. The molecule has 3 rings (SSSR count). The third-order valence-corrected chi connectivity index (χ3v) is 5.60. The van der Waals surface area contributed by atoms with Crippen molar-refractivity contribution in [1.29, 1.82) is 0 Å². The van der Waals surface area contributed by atoms with E-state index in [2.05, 4.69) is 16.7 Å². The van der Waals surface area contributed by atoms with E-state index in [9.17, 15) is 10.2 Å². The highest BCUT2D eigenvalue weighted by molar-refractivity contribution is 4.96. The second-order valence-corrected chi connectivity index (χ2v) is 7.41. The maximum absolute atomic E-state index is 10.9. The van der Waals surface area contributed by atoms with Crippen molar-refractivity contribution in [2.24, 2.45) is 0 Å². The summed E-state index contributed by atoms with van der Waals surface area (Å²) < 4.78 is 0. The van der Waals surface area contributed by atoms with Crippen LogP contribution >= 0.6 is 0 Å². The summed E-state index contributed by atoms with van der Waals surface area (Å²) in [4.78, 5) is 4.91. The standard InChI is InChI=1S/C16H30N2O2/c1-13-9-17-11-15(19)8-14(17)10-18(13)12-16(20)6-4-2-3-5-7-16/h13-15,19-20H,2-12H2,1H3/t13-,14?,15+/m0/s1. The van der Waals surface area contributed by atoms with E-state index in [1.807, 2.05) is 0 Å². The van der Waals surface area contributed by atoms with Crippen LogP contribution in [0.4, 0.5) is 0 Å². The summed E-state index contributed by atoms with van der Waals surface area (Å²) in [5.41, 5.74) is -0.468. The van der Waals surface area contributed by atoms with Gasteiger partial charge < -0.3 is 10.2 Å².